The molecule has 0 aliphatic carbocycles. The fraction of sp³-hybridized carbons (Fsp3) is 0.667. The van der Waals surface area contributed by atoms with Crippen LogP contribution in [0.4, 0.5) is 57.1 Å². The molecule has 0 bridgehead atoms. The molecule has 0 heterocycles. The van der Waals surface area contributed by atoms with Crippen LogP contribution in [0.1, 0.15) is 31.9 Å². The molecule has 0 spiro atoms. The maximum atomic E-state index is 14.3. The Labute approximate surface area is 178 Å². The number of rotatable bonds is 10. The molecule has 15 heteroatoms. The van der Waals surface area contributed by atoms with E-state index in [2.05, 4.69) is 0 Å². The second-order valence-electron chi connectivity index (χ2n) is 7.04. The van der Waals surface area contributed by atoms with E-state index in [1.54, 1.807) is 6.92 Å². The van der Waals surface area contributed by atoms with Gasteiger partial charge in [0.05, 0.1) is 18.6 Å². The topological polar surface area (TPSA) is 29.5 Å². The summed E-state index contributed by atoms with van der Waals surface area (Å²) in [5.41, 5.74) is -0.676. The zero-order valence-corrected chi connectivity index (χ0v) is 16.6. The number of hydrogen-bond donors (Lipinski definition) is 1. The predicted molar refractivity (Wildman–Crippen MR) is 87.1 cm³/mol. The van der Waals surface area contributed by atoms with Crippen molar-refractivity contribution in [3.05, 3.63) is 29.8 Å². The standard InChI is InChI=1S/C18H17F13O2/c1-3-8-33-11-7-5-4-6-10(11)12(32)9(2)13(19,20)14(21,22)15(23,24)16(25,26)17(27,28)18(29,30)31/h4-7,9,12,32H,3,8H2,1-2H3. The third kappa shape index (κ3) is 4.56. The number of ether oxygens (including phenoxy) is 1. The molecule has 2 unspecified atom stereocenters. The summed E-state index contributed by atoms with van der Waals surface area (Å²) in [5, 5.41) is 10.1. The Morgan fingerprint density at radius 1 is 0.758 bits per heavy atom. The van der Waals surface area contributed by atoms with E-state index in [4.69, 9.17) is 4.74 Å². The quantitative estimate of drug-likeness (QED) is 0.347. The fourth-order valence-electron chi connectivity index (χ4n) is 2.60. The van der Waals surface area contributed by atoms with E-state index in [-0.39, 0.29) is 19.3 Å². The van der Waals surface area contributed by atoms with Gasteiger partial charge in [0.2, 0.25) is 0 Å². The largest absolute Gasteiger partial charge is 0.493 e. The average molecular weight is 512 g/mol. The molecule has 0 saturated carbocycles. The highest BCUT2D eigenvalue weighted by Crippen LogP contribution is 2.62. The van der Waals surface area contributed by atoms with Gasteiger partial charge in [0.25, 0.3) is 0 Å². The van der Waals surface area contributed by atoms with Crippen LogP contribution in [0.2, 0.25) is 0 Å². The molecule has 1 N–H and O–H groups in total. The van der Waals surface area contributed by atoms with Crippen molar-refractivity contribution in [3.8, 4) is 5.75 Å². The lowest BCUT2D eigenvalue weighted by Gasteiger charge is -2.42. The highest BCUT2D eigenvalue weighted by molar-refractivity contribution is 5.36. The second-order valence-corrected chi connectivity index (χ2v) is 7.04. The molecule has 0 fully saturated rings. The summed E-state index contributed by atoms with van der Waals surface area (Å²) >= 11 is 0. The molecule has 0 aromatic heterocycles. The molecule has 0 aliphatic heterocycles. The van der Waals surface area contributed by atoms with Gasteiger partial charge >= 0.3 is 35.8 Å². The molecule has 0 aliphatic rings. The van der Waals surface area contributed by atoms with Crippen molar-refractivity contribution < 1.29 is 66.9 Å². The maximum Gasteiger partial charge on any atom is 0.460 e. The SMILES string of the molecule is CCCOc1ccccc1C(O)C(C)C(F)(F)C(F)(F)C(F)(F)C(F)(F)C(F)(F)C(F)(F)F. The fourth-order valence-corrected chi connectivity index (χ4v) is 2.60. The van der Waals surface area contributed by atoms with E-state index in [1.165, 1.54) is 6.07 Å². The predicted octanol–water partition coefficient (Wildman–Crippen LogP) is 6.88. The third-order valence-electron chi connectivity index (χ3n) is 4.70. The average Bonchev–Trinajstić information content (AvgIpc) is 2.69. The Bertz CT molecular complexity index is 805. The first-order valence-electron chi connectivity index (χ1n) is 8.98. The molecule has 0 saturated heterocycles. The van der Waals surface area contributed by atoms with E-state index < -0.39 is 53.4 Å². The smallest absolute Gasteiger partial charge is 0.460 e. The second kappa shape index (κ2) is 9.02. The lowest BCUT2D eigenvalue weighted by molar-refractivity contribution is -0.444. The molecule has 2 atom stereocenters. The van der Waals surface area contributed by atoms with Gasteiger partial charge in [-0.25, -0.2) is 0 Å². The van der Waals surface area contributed by atoms with Crippen LogP contribution in [-0.2, 0) is 0 Å². The lowest BCUT2D eigenvalue weighted by atomic mass is 9.83. The van der Waals surface area contributed by atoms with Gasteiger partial charge in [-0.05, 0) is 12.5 Å². The highest BCUT2D eigenvalue weighted by Gasteiger charge is 2.91. The summed E-state index contributed by atoms with van der Waals surface area (Å²) < 4.78 is 178. The van der Waals surface area contributed by atoms with Crippen LogP contribution >= 0.6 is 0 Å². The van der Waals surface area contributed by atoms with Crippen LogP contribution in [0.3, 0.4) is 0 Å². The summed E-state index contributed by atoms with van der Waals surface area (Å²) in [7, 11) is 0. The summed E-state index contributed by atoms with van der Waals surface area (Å²) in [5.74, 6) is -41.4. The number of aliphatic hydroxyl groups is 1. The van der Waals surface area contributed by atoms with Crippen molar-refractivity contribution in [2.75, 3.05) is 6.61 Å². The lowest BCUT2D eigenvalue weighted by Crippen LogP contribution is -2.71. The van der Waals surface area contributed by atoms with E-state index in [1.807, 2.05) is 0 Å². The van der Waals surface area contributed by atoms with Crippen molar-refractivity contribution in [2.45, 2.75) is 62.2 Å². The monoisotopic (exact) mass is 512 g/mol. The number of benzene rings is 1. The molecular formula is C18H17F13O2. The van der Waals surface area contributed by atoms with Crippen LogP contribution in [-0.4, -0.2) is 47.5 Å². The third-order valence-corrected chi connectivity index (χ3v) is 4.70. The van der Waals surface area contributed by atoms with Crippen LogP contribution in [0.15, 0.2) is 24.3 Å². The van der Waals surface area contributed by atoms with Gasteiger partial charge in [-0.3, -0.25) is 0 Å². The zero-order chi connectivity index (χ0) is 26.3. The normalized spacial score (nSPS) is 16.5. The van der Waals surface area contributed by atoms with Crippen molar-refractivity contribution in [1.82, 2.24) is 0 Å². The van der Waals surface area contributed by atoms with Crippen LogP contribution < -0.4 is 4.74 Å². The molecular weight excluding hydrogens is 495 g/mol. The highest BCUT2D eigenvalue weighted by atomic mass is 19.4. The van der Waals surface area contributed by atoms with Crippen LogP contribution in [0, 0.1) is 5.92 Å². The number of alkyl halides is 13. The Morgan fingerprint density at radius 3 is 1.67 bits per heavy atom. The molecule has 0 amide bonds. The van der Waals surface area contributed by atoms with Crippen LogP contribution in [0.25, 0.3) is 0 Å². The summed E-state index contributed by atoms with van der Waals surface area (Å²) in [4.78, 5) is 0. The Kier molecular flexibility index (Phi) is 7.96. The maximum absolute atomic E-state index is 14.3. The van der Waals surface area contributed by atoms with Crippen molar-refractivity contribution in [2.24, 2.45) is 5.92 Å². The van der Waals surface area contributed by atoms with Crippen LogP contribution in [0.5, 0.6) is 5.75 Å². The molecule has 1 aromatic rings. The van der Waals surface area contributed by atoms with Crippen molar-refractivity contribution in [1.29, 1.82) is 0 Å². The van der Waals surface area contributed by atoms with Gasteiger partial charge in [0.1, 0.15) is 5.75 Å². The number of para-hydroxylation sites is 1. The minimum atomic E-state index is -7.99. The van der Waals surface area contributed by atoms with E-state index >= 15 is 0 Å². The molecule has 0 radical (unpaired) electrons. The first-order valence-corrected chi connectivity index (χ1v) is 8.98. The number of halogens is 13. The zero-order valence-electron chi connectivity index (χ0n) is 16.6. The van der Waals surface area contributed by atoms with Crippen molar-refractivity contribution in [3.63, 3.8) is 0 Å². The molecule has 1 rings (SSSR count). The summed E-state index contributed by atoms with van der Waals surface area (Å²) in [6.07, 6.45) is -9.96. The van der Waals surface area contributed by atoms with Gasteiger partial charge in [0, 0.05) is 5.56 Å². The number of aliphatic hydroxyl groups excluding tert-OH is 1. The summed E-state index contributed by atoms with van der Waals surface area (Å²) in [6, 6.07) is 4.22. The first kappa shape index (κ1) is 29.1. The molecule has 192 valence electrons. The Hall–Kier alpha value is -1.93. The van der Waals surface area contributed by atoms with Gasteiger partial charge in [0.15, 0.2) is 0 Å². The molecule has 2 nitrogen and oxygen atoms in total. The van der Waals surface area contributed by atoms with E-state index in [9.17, 15) is 62.2 Å². The van der Waals surface area contributed by atoms with E-state index in [0.29, 0.717) is 6.42 Å². The summed E-state index contributed by atoms with van der Waals surface area (Å²) in [6.45, 7) is 1.50. The van der Waals surface area contributed by atoms with Crippen molar-refractivity contribution >= 4 is 0 Å². The van der Waals surface area contributed by atoms with E-state index in [0.717, 1.165) is 18.2 Å². The molecule has 1 aromatic carbocycles. The minimum Gasteiger partial charge on any atom is -0.493 e. The van der Waals surface area contributed by atoms with Gasteiger partial charge in [-0.2, -0.15) is 57.1 Å². The minimum absolute atomic E-state index is 0.00863. The van der Waals surface area contributed by atoms with Gasteiger partial charge in [-0.1, -0.05) is 32.0 Å². The Balaban J connectivity index is 3.48. The van der Waals surface area contributed by atoms with Gasteiger partial charge < -0.3 is 9.84 Å². The number of hydrogen-bond acceptors (Lipinski definition) is 2. The first-order chi connectivity index (χ1) is 14.6. The molecule has 33 heavy (non-hydrogen) atoms. The Morgan fingerprint density at radius 2 is 1.21 bits per heavy atom. The van der Waals surface area contributed by atoms with Gasteiger partial charge in [-0.15, -0.1) is 0 Å².